The summed E-state index contributed by atoms with van der Waals surface area (Å²) in [4.78, 5) is 0. The van der Waals surface area contributed by atoms with Crippen molar-refractivity contribution in [1.82, 2.24) is 0 Å². The quantitative estimate of drug-likeness (QED) is 0.280. The summed E-state index contributed by atoms with van der Waals surface area (Å²) in [5.41, 5.74) is 0. The molecule has 0 aromatic heterocycles. The minimum Gasteiger partial charge on any atom is -0.0864 e. The Morgan fingerprint density at radius 2 is 1.29 bits per heavy atom. The summed E-state index contributed by atoms with van der Waals surface area (Å²) in [7, 11) is 0. The molecule has 0 aliphatic carbocycles. The Hall–Kier alpha value is 0.730. The zero-order valence-electron chi connectivity index (χ0n) is 10.0. The first-order valence-electron chi connectivity index (χ1n) is 6.41. The molecule has 14 heavy (non-hydrogen) atoms. The molecule has 0 N–H and O–H groups in total. The lowest BCUT2D eigenvalue weighted by Gasteiger charge is -2.15. The standard InChI is InChI=1S/C13H27I/c1-3-5-7-9-13(11-12-14)10-8-6-4-2/h13H,3-12H2,1-2H3. The molecule has 0 radical (unpaired) electrons. The van der Waals surface area contributed by atoms with E-state index >= 15 is 0 Å². The van der Waals surface area contributed by atoms with Gasteiger partial charge in [0.25, 0.3) is 0 Å². The minimum absolute atomic E-state index is 1.03. The molecule has 0 spiro atoms. The van der Waals surface area contributed by atoms with Crippen LogP contribution in [0.5, 0.6) is 0 Å². The lowest BCUT2D eigenvalue weighted by atomic mass is 9.93. The first-order chi connectivity index (χ1) is 6.85. The van der Waals surface area contributed by atoms with Gasteiger partial charge in [0, 0.05) is 0 Å². The second-order valence-corrected chi connectivity index (χ2v) is 5.41. The average molecular weight is 310 g/mol. The summed E-state index contributed by atoms with van der Waals surface area (Å²) in [6.07, 6.45) is 13.0. The van der Waals surface area contributed by atoms with Gasteiger partial charge in [0.15, 0.2) is 0 Å². The summed E-state index contributed by atoms with van der Waals surface area (Å²) in [5, 5.41) is 0. The van der Waals surface area contributed by atoms with Gasteiger partial charge >= 0.3 is 0 Å². The first-order valence-corrected chi connectivity index (χ1v) is 7.93. The van der Waals surface area contributed by atoms with Crippen LogP contribution in [0.15, 0.2) is 0 Å². The van der Waals surface area contributed by atoms with Crippen LogP contribution in [-0.2, 0) is 0 Å². The molecule has 0 aliphatic rings. The summed E-state index contributed by atoms with van der Waals surface area (Å²) >= 11 is 2.52. The van der Waals surface area contributed by atoms with Crippen LogP contribution in [-0.4, -0.2) is 4.43 Å². The van der Waals surface area contributed by atoms with Crippen LogP contribution in [0.3, 0.4) is 0 Å². The Morgan fingerprint density at radius 1 is 0.786 bits per heavy atom. The Labute approximate surface area is 104 Å². The third-order valence-corrected chi connectivity index (χ3v) is 3.57. The first kappa shape index (κ1) is 14.7. The van der Waals surface area contributed by atoms with Crippen molar-refractivity contribution in [3.8, 4) is 0 Å². The van der Waals surface area contributed by atoms with Crippen LogP contribution in [0, 0.1) is 5.92 Å². The van der Waals surface area contributed by atoms with Crippen LogP contribution >= 0.6 is 22.6 Å². The second kappa shape index (κ2) is 11.8. The van der Waals surface area contributed by atoms with Crippen LogP contribution in [0.25, 0.3) is 0 Å². The monoisotopic (exact) mass is 310 g/mol. The highest BCUT2D eigenvalue weighted by molar-refractivity contribution is 14.1. The molecule has 0 aromatic rings. The zero-order chi connectivity index (χ0) is 10.6. The van der Waals surface area contributed by atoms with E-state index in [1.165, 1.54) is 62.2 Å². The van der Waals surface area contributed by atoms with Crippen molar-refractivity contribution >= 4 is 22.6 Å². The second-order valence-electron chi connectivity index (χ2n) is 4.34. The van der Waals surface area contributed by atoms with Crippen LogP contribution in [0.2, 0.25) is 0 Å². The maximum absolute atomic E-state index is 2.52. The molecule has 0 heterocycles. The van der Waals surface area contributed by atoms with E-state index in [2.05, 4.69) is 36.4 Å². The van der Waals surface area contributed by atoms with Crippen LogP contribution < -0.4 is 0 Å². The van der Waals surface area contributed by atoms with E-state index in [4.69, 9.17) is 0 Å². The Bertz CT molecular complexity index is 91.4. The van der Waals surface area contributed by atoms with E-state index in [1.807, 2.05) is 0 Å². The summed E-state index contributed by atoms with van der Waals surface area (Å²) in [6.45, 7) is 4.59. The van der Waals surface area contributed by atoms with E-state index in [9.17, 15) is 0 Å². The minimum atomic E-state index is 1.03. The summed E-state index contributed by atoms with van der Waals surface area (Å²) in [6, 6.07) is 0. The normalized spacial score (nSPS) is 11.1. The van der Waals surface area contributed by atoms with Gasteiger partial charge in [0.05, 0.1) is 0 Å². The molecule has 0 fully saturated rings. The van der Waals surface area contributed by atoms with Gasteiger partial charge in [-0.05, 0) is 16.8 Å². The molecule has 0 unspecified atom stereocenters. The van der Waals surface area contributed by atoms with Crippen molar-refractivity contribution in [2.45, 2.75) is 71.6 Å². The van der Waals surface area contributed by atoms with E-state index in [-0.39, 0.29) is 0 Å². The molecule has 0 aliphatic heterocycles. The molecule has 1 heteroatoms. The van der Waals surface area contributed by atoms with E-state index in [0.717, 1.165) is 5.92 Å². The highest BCUT2D eigenvalue weighted by Gasteiger charge is 2.06. The molecule has 0 saturated heterocycles. The largest absolute Gasteiger partial charge is 0.0864 e. The number of unbranched alkanes of at least 4 members (excludes halogenated alkanes) is 4. The molecular formula is C13H27I. The highest BCUT2D eigenvalue weighted by Crippen LogP contribution is 2.21. The molecule has 0 nitrogen and oxygen atoms in total. The van der Waals surface area contributed by atoms with Gasteiger partial charge in [-0.25, -0.2) is 0 Å². The van der Waals surface area contributed by atoms with Crippen molar-refractivity contribution in [2.75, 3.05) is 4.43 Å². The fourth-order valence-corrected chi connectivity index (χ4v) is 2.83. The molecular weight excluding hydrogens is 283 g/mol. The van der Waals surface area contributed by atoms with Gasteiger partial charge in [0.2, 0.25) is 0 Å². The van der Waals surface area contributed by atoms with Crippen molar-refractivity contribution in [2.24, 2.45) is 5.92 Å². The maximum Gasteiger partial charge on any atom is -0.000209 e. The lowest BCUT2D eigenvalue weighted by molar-refractivity contribution is 0.404. The van der Waals surface area contributed by atoms with Gasteiger partial charge in [-0.15, -0.1) is 0 Å². The van der Waals surface area contributed by atoms with Crippen molar-refractivity contribution in [3.63, 3.8) is 0 Å². The fraction of sp³-hybridized carbons (Fsp3) is 1.00. The van der Waals surface area contributed by atoms with Gasteiger partial charge < -0.3 is 0 Å². The zero-order valence-corrected chi connectivity index (χ0v) is 12.2. The van der Waals surface area contributed by atoms with Crippen LogP contribution in [0.1, 0.15) is 71.6 Å². The van der Waals surface area contributed by atoms with E-state index in [0.29, 0.717) is 0 Å². The molecule has 0 saturated carbocycles. The Kier molecular flexibility index (Phi) is 12.4. The Balaban J connectivity index is 3.44. The van der Waals surface area contributed by atoms with Gasteiger partial charge in [0.1, 0.15) is 0 Å². The number of alkyl halides is 1. The van der Waals surface area contributed by atoms with Gasteiger partial charge in [-0.1, -0.05) is 87.8 Å². The third-order valence-electron chi connectivity index (χ3n) is 2.95. The highest BCUT2D eigenvalue weighted by atomic mass is 127. The number of hydrogen-bond donors (Lipinski definition) is 0. The Morgan fingerprint density at radius 3 is 1.64 bits per heavy atom. The molecule has 0 bridgehead atoms. The van der Waals surface area contributed by atoms with E-state index < -0.39 is 0 Å². The summed E-state index contributed by atoms with van der Waals surface area (Å²) in [5.74, 6) is 1.03. The topological polar surface area (TPSA) is 0 Å². The third kappa shape index (κ3) is 9.29. The van der Waals surface area contributed by atoms with Crippen LogP contribution in [0.4, 0.5) is 0 Å². The lowest BCUT2D eigenvalue weighted by Crippen LogP contribution is -2.01. The van der Waals surface area contributed by atoms with E-state index in [1.54, 1.807) is 0 Å². The maximum atomic E-state index is 2.52. The molecule has 0 atom stereocenters. The van der Waals surface area contributed by atoms with Crippen molar-refractivity contribution in [1.29, 1.82) is 0 Å². The SMILES string of the molecule is CCCCCC(CCI)CCCCC. The van der Waals surface area contributed by atoms with Crippen molar-refractivity contribution < 1.29 is 0 Å². The fourth-order valence-electron chi connectivity index (χ4n) is 1.95. The van der Waals surface area contributed by atoms with Gasteiger partial charge in [-0.2, -0.15) is 0 Å². The molecule has 0 rings (SSSR count). The summed E-state index contributed by atoms with van der Waals surface area (Å²) < 4.78 is 1.35. The molecule has 86 valence electrons. The van der Waals surface area contributed by atoms with Crippen molar-refractivity contribution in [3.05, 3.63) is 0 Å². The predicted molar refractivity (Wildman–Crippen MR) is 75.3 cm³/mol. The number of rotatable bonds is 10. The smallest absolute Gasteiger partial charge is 0.000209 e. The predicted octanol–water partition coefficient (Wildman–Crippen LogP) is 5.59. The number of halogens is 1. The molecule has 0 aromatic carbocycles. The number of hydrogen-bond acceptors (Lipinski definition) is 0. The van der Waals surface area contributed by atoms with Gasteiger partial charge in [-0.3, -0.25) is 0 Å². The molecule has 0 amide bonds. The average Bonchev–Trinajstić information content (AvgIpc) is 2.18.